The first kappa shape index (κ1) is 17.2. The Morgan fingerprint density at radius 3 is 1.59 bits per heavy atom. The molecule has 0 bridgehead atoms. The fourth-order valence-electron chi connectivity index (χ4n) is 1.61. The van der Waals surface area contributed by atoms with Gasteiger partial charge in [-0.2, -0.15) is 0 Å². The highest BCUT2D eigenvalue weighted by atomic mass is 16.6. The van der Waals surface area contributed by atoms with E-state index in [-0.39, 0.29) is 22.8 Å². The lowest BCUT2D eigenvalue weighted by atomic mass is 10.1. The van der Waals surface area contributed by atoms with E-state index in [4.69, 9.17) is 19.3 Å². The van der Waals surface area contributed by atoms with E-state index in [0.29, 0.717) is 0 Å². The monoisotopic (exact) mass is 310 g/mol. The van der Waals surface area contributed by atoms with E-state index in [1.165, 1.54) is 12.1 Å². The molecule has 8 nitrogen and oxygen atoms in total. The van der Waals surface area contributed by atoms with E-state index in [2.05, 4.69) is 0 Å². The number of aliphatic carboxylic acids is 1. The normalized spacial score (nSPS) is 9.77. The van der Waals surface area contributed by atoms with Gasteiger partial charge in [0.2, 0.25) is 5.75 Å². The van der Waals surface area contributed by atoms with Crippen LogP contribution in [0.15, 0.2) is 12.1 Å². The van der Waals surface area contributed by atoms with Gasteiger partial charge in [0.25, 0.3) is 0 Å². The number of carbonyl (C=O) groups excluding carboxylic acids is 3. The summed E-state index contributed by atoms with van der Waals surface area (Å²) in [6, 6.07) is 2.45. The van der Waals surface area contributed by atoms with Crippen molar-refractivity contribution in [3.8, 4) is 17.2 Å². The van der Waals surface area contributed by atoms with E-state index < -0.39 is 30.3 Å². The smallest absolute Gasteiger partial charge is 0.308 e. The molecule has 8 heteroatoms. The van der Waals surface area contributed by atoms with Crippen LogP contribution in [-0.2, 0) is 25.6 Å². The molecule has 0 aliphatic carbocycles. The average molecular weight is 310 g/mol. The van der Waals surface area contributed by atoms with Crippen molar-refractivity contribution < 1.29 is 38.5 Å². The van der Waals surface area contributed by atoms with Crippen LogP contribution >= 0.6 is 0 Å². The van der Waals surface area contributed by atoms with Crippen LogP contribution in [0.4, 0.5) is 0 Å². The first-order valence-corrected chi connectivity index (χ1v) is 6.13. The van der Waals surface area contributed by atoms with Gasteiger partial charge in [0.1, 0.15) is 0 Å². The van der Waals surface area contributed by atoms with Gasteiger partial charge in [0.05, 0.1) is 6.42 Å². The topological polar surface area (TPSA) is 116 Å². The maximum Gasteiger partial charge on any atom is 0.308 e. The van der Waals surface area contributed by atoms with Crippen molar-refractivity contribution >= 4 is 23.9 Å². The van der Waals surface area contributed by atoms with Crippen LogP contribution < -0.4 is 14.2 Å². The van der Waals surface area contributed by atoms with Gasteiger partial charge in [-0.3, -0.25) is 19.2 Å². The highest BCUT2D eigenvalue weighted by Crippen LogP contribution is 2.39. The number of carboxylic acids is 1. The third kappa shape index (κ3) is 5.23. The fourth-order valence-corrected chi connectivity index (χ4v) is 1.61. The molecular formula is C14H14O8. The van der Waals surface area contributed by atoms with Crippen LogP contribution in [0, 0.1) is 0 Å². The van der Waals surface area contributed by atoms with Crippen molar-refractivity contribution in [3.05, 3.63) is 17.7 Å². The summed E-state index contributed by atoms with van der Waals surface area (Å²) < 4.78 is 14.7. The molecule has 1 aromatic rings. The highest BCUT2D eigenvalue weighted by molar-refractivity contribution is 5.79. The summed E-state index contributed by atoms with van der Waals surface area (Å²) in [6.45, 7) is 3.35. The molecule has 0 saturated heterocycles. The van der Waals surface area contributed by atoms with E-state index in [0.717, 1.165) is 20.8 Å². The largest absolute Gasteiger partial charge is 0.481 e. The second-order valence-corrected chi connectivity index (χ2v) is 4.27. The zero-order chi connectivity index (χ0) is 16.9. The molecule has 1 aromatic carbocycles. The van der Waals surface area contributed by atoms with Crippen molar-refractivity contribution in [2.24, 2.45) is 0 Å². The minimum atomic E-state index is -1.14. The molecule has 0 fully saturated rings. The van der Waals surface area contributed by atoms with Crippen LogP contribution in [0.1, 0.15) is 26.3 Å². The molecule has 1 rings (SSSR count). The van der Waals surface area contributed by atoms with E-state index in [9.17, 15) is 19.2 Å². The molecule has 0 atom stereocenters. The van der Waals surface area contributed by atoms with E-state index in [1.807, 2.05) is 0 Å². The zero-order valence-corrected chi connectivity index (χ0v) is 12.2. The lowest BCUT2D eigenvalue weighted by Crippen LogP contribution is -2.12. The van der Waals surface area contributed by atoms with Crippen LogP contribution in [0.2, 0.25) is 0 Å². The van der Waals surface area contributed by atoms with Crippen LogP contribution in [0.3, 0.4) is 0 Å². The van der Waals surface area contributed by atoms with E-state index >= 15 is 0 Å². The molecule has 0 unspecified atom stereocenters. The van der Waals surface area contributed by atoms with Crippen LogP contribution in [0.25, 0.3) is 0 Å². The molecule has 0 amide bonds. The standard InChI is InChI=1S/C14H14O8/c1-7(15)20-11-4-10(6-13(18)19)5-12(21-8(2)16)14(11)22-9(3)17/h4-5H,6H2,1-3H3,(H,18,19). The summed E-state index contributed by atoms with van der Waals surface area (Å²) >= 11 is 0. The van der Waals surface area contributed by atoms with Crippen molar-refractivity contribution in [3.63, 3.8) is 0 Å². The molecule has 0 spiro atoms. The summed E-state index contributed by atoms with van der Waals surface area (Å²) in [5, 5.41) is 8.83. The number of carbonyl (C=O) groups is 4. The molecule has 0 saturated carbocycles. The Bertz CT molecular complexity index is 595. The van der Waals surface area contributed by atoms with Crippen molar-refractivity contribution in [1.29, 1.82) is 0 Å². The van der Waals surface area contributed by atoms with Gasteiger partial charge in [0, 0.05) is 20.8 Å². The SMILES string of the molecule is CC(=O)Oc1cc(CC(=O)O)cc(OC(C)=O)c1OC(C)=O. The summed E-state index contributed by atoms with van der Waals surface area (Å²) in [6.07, 6.45) is -0.400. The molecule has 0 aromatic heterocycles. The molecule has 0 aliphatic rings. The van der Waals surface area contributed by atoms with Crippen molar-refractivity contribution in [1.82, 2.24) is 0 Å². The number of ether oxygens (including phenoxy) is 3. The molecule has 118 valence electrons. The molecular weight excluding hydrogens is 296 g/mol. The lowest BCUT2D eigenvalue weighted by molar-refractivity contribution is -0.136. The maximum atomic E-state index is 11.2. The highest BCUT2D eigenvalue weighted by Gasteiger charge is 2.20. The first-order chi connectivity index (χ1) is 10.2. The molecule has 0 aliphatic heterocycles. The van der Waals surface area contributed by atoms with Gasteiger partial charge in [-0.1, -0.05) is 0 Å². The summed E-state index contributed by atoms with van der Waals surface area (Å²) in [5.74, 6) is -3.98. The second-order valence-electron chi connectivity index (χ2n) is 4.27. The van der Waals surface area contributed by atoms with Gasteiger partial charge in [0.15, 0.2) is 11.5 Å². The van der Waals surface area contributed by atoms with Gasteiger partial charge >= 0.3 is 23.9 Å². The van der Waals surface area contributed by atoms with Gasteiger partial charge in [-0.05, 0) is 17.7 Å². The predicted octanol–water partition coefficient (Wildman–Crippen LogP) is 1.09. The number of benzene rings is 1. The van der Waals surface area contributed by atoms with Gasteiger partial charge < -0.3 is 19.3 Å². The Balaban J connectivity index is 3.44. The minimum absolute atomic E-state index is 0.205. The number of rotatable bonds is 5. The summed E-state index contributed by atoms with van der Waals surface area (Å²) in [5.41, 5.74) is 0.205. The Morgan fingerprint density at radius 1 is 0.864 bits per heavy atom. The summed E-state index contributed by atoms with van der Waals surface area (Å²) in [4.78, 5) is 44.2. The Morgan fingerprint density at radius 2 is 1.27 bits per heavy atom. The third-order valence-corrected chi connectivity index (χ3v) is 2.19. The third-order valence-electron chi connectivity index (χ3n) is 2.19. The first-order valence-electron chi connectivity index (χ1n) is 6.13. The fraction of sp³-hybridized carbons (Fsp3) is 0.286. The zero-order valence-electron chi connectivity index (χ0n) is 12.2. The van der Waals surface area contributed by atoms with Crippen molar-refractivity contribution in [2.75, 3.05) is 0 Å². The molecule has 22 heavy (non-hydrogen) atoms. The number of hydrogen-bond acceptors (Lipinski definition) is 7. The van der Waals surface area contributed by atoms with E-state index in [1.54, 1.807) is 0 Å². The molecule has 0 heterocycles. The Labute approximate surface area is 125 Å². The average Bonchev–Trinajstić information content (AvgIpc) is 2.30. The maximum absolute atomic E-state index is 11.2. The molecule has 1 N–H and O–H groups in total. The van der Waals surface area contributed by atoms with Crippen LogP contribution in [0.5, 0.6) is 17.2 Å². The second kappa shape index (κ2) is 7.21. The number of esters is 3. The number of hydrogen-bond donors (Lipinski definition) is 1. The Kier molecular flexibility index (Phi) is 5.62. The number of carboxylic acid groups (broad SMARTS) is 1. The quantitative estimate of drug-likeness (QED) is 0.634. The Hall–Kier alpha value is -2.90. The minimum Gasteiger partial charge on any atom is -0.481 e. The van der Waals surface area contributed by atoms with Crippen LogP contribution in [-0.4, -0.2) is 29.0 Å². The lowest BCUT2D eigenvalue weighted by Gasteiger charge is -2.14. The predicted molar refractivity (Wildman–Crippen MR) is 71.7 cm³/mol. The summed E-state index contributed by atoms with van der Waals surface area (Å²) in [7, 11) is 0. The van der Waals surface area contributed by atoms with Crippen molar-refractivity contribution in [2.45, 2.75) is 27.2 Å². The molecule has 0 radical (unpaired) electrons. The van der Waals surface area contributed by atoms with Gasteiger partial charge in [-0.25, -0.2) is 0 Å². The van der Waals surface area contributed by atoms with Gasteiger partial charge in [-0.15, -0.1) is 0 Å².